The number of nitrogens with one attached hydrogen (secondary N) is 1. The molecule has 0 saturated carbocycles. The van der Waals surface area contributed by atoms with Gasteiger partial charge in [0.25, 0.3) is 0 Å². The van der Waals surface area contributed by atoms with Gasteiger partial charge in [0.15, 0.2) is 0 Å². The van der Waals surface area contributed by atoms with Gasteiger partial charge in [-0.25, -0.2) is 13.1 Å². The van der Waals surface area contributed by atoms with E-state index in [2.05, 4.69) is 4.72 Å². The zero-order chi connectivity index (χ0) is 19.3. The molecule has 0 bridgehead atoms. The topological polar surface area (TPSA) is 75.7 Å². The fraction of sp³-hybridized carbons (Fsp3) is 0.278. The fourth-order valence-electron chi connectivity index (χ4n) is 2.47. The fourth-order valence-corrected chi connectivity index (χ4v) is 3.66. The lowest BCUT2D eigenvalue weighted by Gasteiger charge is -2.23. The minimum atomic E-state index is -3.68. The van der Waals surface area contributed by atoms with Crippen LogP contribution in [0.15, 0.2) is 47.4 Å². The molecule has 0 aliphatic carbocycles. The Bertz CT molecular complexity index is 883. The van der Waals surface area contributed by atoms with Gasteiger partial charge in [0.05, 0.1) is 12.0 Å². The first-order valence-electron chi connectivity index (χ1n) is 7.93. The van der Waals surface area contributed by atoms with Crippen LogP contribution < -0.4 is 14.4 Å². The summed E-state index contributed by atoms with van der Waals surface area (Å²) in [6, 6.07) is 11.3. The third kappa shape index (κ3) is 4.75. The number of benzene rings is 2. The summed E-state index contributed by atoms with van der Waals surface area (Å²) in [7, 11) is -2.17. The summed E-state index contributed by atoms with van der Waals surface area (Å²) in [6.07, 6.45) is 0. The Morgan fingerprint density at radius 3 is 2.42 bits per heavy atom. The number of hydrogen-bond donors (Lipinski definition) is 1. The largest absolute Gasteiger partial charge is 0.497 e. The Balaban J connectivity index is 2.09. The maximum atomic E-state index is 12.4. The standard InChI is InChI=1S/C18H21ClN2O4S/c1-13-17(19)5-4-6-18(13)21(14(2)22)12-11-20-26(23,24)16-9-7-15(25-3)8-10-16/h4-10,20H,11-12H2,1-3H3. The summed E-state index contributed by atoms with van der Waals surface area (Å²) in [5, 5.41) is 0.549. The van der Waals surface area contributed by atoms with Crippen LogP contribution in [0.4, 0.5) is 5.69 Å². The van der Waals surface area contributed by atoms with Crippen LogP contribution in [0.1, 0.15) is 12.5 Å². The minimum Gasteiger partial charge on any atom is -0.497 e. The summed E-state index contributed by atoms with van der Waals surface area (Å²) < 4.78 is 32.3. The number of anilines is 1. The van der Waals surface area contributed by atoms with Gasteiger partial charge in [-0.1, -0.05) is 17.7 Å². The van der Waals surface area contributed by atoms with Gasteiger partial charge in [0, 0.05) is 30.7 Å². The van der Waals surface area contributed by atoms with Gasteiger partial charge in [0.2, 0.25) is 15.9 Å². The van der Waals surface area contributed by atoms with Crippen molar-refractivity contribution in [1.29, 1.82) is 0 Å². The van der Waals surface area contributed by atoms with Gasteiger partial charge in [-0.2, -0.15) is 0 Å². The number of ether oxygens (including phenoxy) is 1. The zero-order valence-corrected chi connectivity index (χ0v) is 16.4. The van der Waals surface area contributed by atoms with Gasteiger partial charge >= 0.3 is 0 Å². The first-order valence-corrected chi connectivity index (χ1v) is 9.79. The number of halogens is 1. The predicted octanol–water partition coefficient (Wildman–Crippen LogP) is 2.99. The van der Waals surface area contributed by atoms with E-state index in [1.165, 1.54) is 31.1 Å². The molecule has 0 heterocycles. The van der Waals surface area contributed by atoms with E-state index in [0.717, 1.165) is 5.56 Å². The highest BCUT2D eigenvalue weighted by atomic mass is 35.5. The van der Waals surface area contributed by atoms with E-state index in [-0.39, 0.29) is 23.9 Å². The highest BCUT2D eigenvalue weighted by Crippen LogP contribution is 2.26. The smallest absolute Gasteiger partial charge is 0.240 e. The molecule has 0 aromatic heterocycles. The Labute approximate surface area is 158 Å². The molecule has 2 aromatic carbocycles. The van der Waals surface area contributed by atoms with Crippen LogP contribution in [-0.4, -0.2) is 34.5 Å². The van der Waals surface area contributed by atoms with Crippen LogP contribution in [-0.2, 0) is 14.8 Å². The predicted molar refractivity (Wildman–Crippen MR) is 102 cm³/mol. The summed E-state index contributed by atoms with van der Waals surface area (Å²) in [4.78, 5) is 13.6. The van der Waals surface area contributed by atoms with Gasteiger partial charge in [-0.05, 0) is 48.9 Å². The quantitative estimate of drug-likeness (QED) is 0.780. The van der Waals surface area contributed by atoms with Crippen molar-refractivity contribution in [3.05, 3.63) is 53.1 Å². The molecule has 0 aliphatic heterocycles. The summed E-state index contributed by atoms with van der Waals surface area (Å²) in [5.41, 5.74) is 1.43. The van der Waals surface area contributed by atoms with Crippen LogP contribution in [0.3, 0.4) is 0 Å². The maximum absolute atomic E-state index is 12.4. The molecule has 0 radical (unpaired) electrons. The molecule has 0 unspecified atom stereocenters. The first-order chi connectivity index (χ1) is 12.3. The summed E-state index contributed by atoms with van der Waals surface area (Å²) >= 11 is 6.11. The third-order valence-corrected chi connectivity index (χ3v) is 5.79. The monoisotopic (exact) mass is 396 g/mol. The number of amides is 1. The van der Waals surface area contributed by atoms with Crippen molar-refractivity contribution in [2.75, 3.05) is 25.1 Å². The molecule has 1 amide bonds. The van der Waals surface area contributed by atoms with Crippen LogP contribution in [0.5, 0.6) is 5.75 Å². The van der Waals surface area contributed by atoms with Crippen LogP contribution in [0, 0.1) is 6.92 Å². The second-order valence-corrected chi connectivity index (χ2v) is 7.80. The highest BCUT2D eigenvalue weighted by Gasteiger charge is 2.18. The molecule has 0 spiro atoms. The Morgan fingerprint density at radius 1 is 1.19 bits per heavy atom. The molecule has 26 heavy (non-hydrogen) atoms. The number of carbonyl (C=O) groups is 1. The van der Waals surface area contributed by atoms with E-state index in [0.29, 0.717) is 16.5 Å². The van der Waals surface area contributed by atoms with Crippen LogP contribution >= 0.6 is 11.6 Å². The molecule has 0 fully saturated rings. The van der Waals surface area contributed by atoms with Crippen LogP contribution in [0.2, 0.25) is 5.02 Å². The number of nitrogens with zero attached hydrogens (tertiary/aromatic N) is 1. The molecule has 6 nitrogen and oxygen atoms in total. The Kier molecular flexibility index (Phi) is 6.63. The zero-order valence-electron chi connectivity index (χ0n) is 14.8. The van der Waals surface area contributed by atoms with E-state index < -0.39 is 10.0 Å². The van der Waals surface area contributed by atoms with E-state index in [1.807, 2.05) is 6.92 Å². The normalized spacial score (nSPS) is 11.2. The maximum Gasteiger partial charge on any atom is 0.240 e. The molecule has 0 aliphatic rings. The van der Waals surface area contributed by atoms with Crippen molar-refractivity contribution in [2.45, 2.75) is 18.7 Å². The van der Waals surface area contributed by atoms with Gasteiger partial charge in [-0.3, -0.25) is 4.79 Å². The van der Waals surface area contributed by atoms with Gasteiger partial charge in [-0.15, -0.1) is 0 Å². The van der Waals surface area contributed by atoms with Crippen molar-refractivity contribution in [3.8, 4) is 5.75 Å². The summed E-state index contributed by atoms with van der Waals surface area (Å²) in [6.45, 7) is 3.50. The van der Waals surface area contributed by atoms with E-state index in [1.54, 1.807) is 30.3 Å². The number of rotatable bonds is 7. The van der Waals surface area contributed by atoms with E-state index in [9.17, 15) is 13.2 Å². The van der Waals surface area contributed by atoms with Gasteiger partial charge < -0.3 is 9.64 Å². The lowest BCUT2D eigenvalue weighted by molar-refractivity contribution is -0.116. The molecular weight excluding hydrogens is 376 g/mol. The lowest BCUT2D eigenvalue weighted by Crippen LogP contribution is -2.37. The molecule has 8 heteroatoms. The summed E-state index contributed by atoms with van der Waals surface area (Å²) in [5.74, 6) is 0.377. The number of methoxy groups -OCH3 is 1. The highest BCUT2D eigenvalue weighted by molar-refractivity contribution is 7.89. The van der Waals surface area contributed by atoms with Crippen molar-refractivity contribution in [2.24, 2.45) is 0 Å². The van der Waals surface area contributed by atoms with Gasteiger partial charge in [0.1, 0.15) is 5.75 Å². The molecule has 0 atom stereocenters. The minimum absolute atomic E-state index is 0.0693. The SMILES string of the molecule is COc1ccc(S(=O)(=O)NCCN(C(C)=O)c2cccc(Cl)c2C)cc1. The van der Waals surface area contributed by atoms with E-state index in [4.69, 9.17) is 16.3 Å². The van der Waals surface area contributed by atoms with E-state index >= 15 is 0 Å². The molecule has 1 N–H and O–H groups in total. The molecular formula is C18H21ClN2O4S. The van der Waals surface area contributed by atoms with Crippen molar-refractivity contribution in [1.82, 2.24) is 4.72 Å². The lowest BCUT2D eigenvalue weighted by atomic mass is 10.1. The van der Waals surface area contributed by atoms with Crippen molar-refractivity contribution >= 4 is 33.2 Å². The molecule has 0 saturated heterocycles. The number of carbonyl (C=O) groups excluding carboxylic acids is 1. The second-order valence-electron chi connectivity index (χ2n) is 5.63. The van der Waals surface area contributed by atoms with Crippen molar-refractivity contribution < 1.29 is 17.9 Å². The second kappa shape index (κ2) is 8.53. The van der Waals surface area contributed by atoms with Crippen LogP contribution in [0.25, 0.3) is 0 Å². The Morgan fingerprint density at radius 2 is 1.85 bits per heavy atom. The molecule has 2 aromatic rings. The average molecular weight is 397 g/mol. The Hall–Kier alpha value is -2.09. The number of hydrogen-bond acceptors (Lipinski definition) is 4. The molecule has 2 rings (SSSR count). The number of sulfonamides is 1. The third-order valence-electron chi connectivity index (χ3n) is 3.91. The molecule has 140 valence electrons. The van der Waals surface area contributed by atoms with Crippen molar-refractivity contribution in [3.63, 3.8) is 0 Å². The average Bonchev–Trinajstić information content (AvgIpc) is 2.61. The first kappa shape index (κ1) is 20.2.